The van der Waals surface area contributed by atoms with Gasteiger partial charge in [-0.2, -0.15) is 15.8 Å². The first kappa shape index (κ1) is 18.5. The molecule has 4 unspecified atom stereocenters. The van der Waals surface area contributed by atoms with E-state index < -0.39 is 34.4 Å². The van der Waals surface area contributed by atoms with Gasteiger partial charge in [-0.15, -0.1) is 11.3 Å². The molecule has 1 aromatic heterocycles. The summed E-state index contributed by atoms with van der Waals surface area (Å²) in [5.41, 5.74) is -3.71. The highest BCUT2D eigenvalue weighted by molar-refractivity contribution is 7.12. The number of nitriles is 3. The lowest BCUT2D eigenvalue weighted by atomic mass is 9.51. The second kappa shape index (κ2) is 5.78. The highest BCUT2D eigenvalue weighted by Gasteiger charge is 2.82. The molecule has 0 amide bonds. The summed E-state index contributed by atoms with van der Waals surface area (Å²) in [7, 11) is 0. The van der Waals surface area contributed by atoms with Crippen molar-refractivity contribution in [1.82, 2.24) is 0 Å². The number of ether oxygens (including phenoxy) is 4. The van der Waals surface area contributed by atoms with E-state index in [-0.39, 0.29) is 12.3 Å². The fourth-order valence-electron chi connectivity index (χ4n) is 5.40. The van der Waals surface area contributed by atoms with Crippen molar-refractivity contribution in [3.8, 4) is 18.2 Å². The van der Waals surface area contributed by atoms with Gasteiger partial charge in [0.05, 0.1) is 37.3 Å². The summed E-state index contributed by atoms with van der Waals surface area (Å²) in [6.45, 7) is 2.80. The van der Waals surface area contributed by atoms with Crippen LogP contribution in [0.15, 0.2) is 12.1 Å². The molecule has 5 rings (SSSR count). The average Bonchev–Trinajstić information content (AvgIpc) is 3.40. The Hall–Kier alpha value is -2.48. The zero-order valence-electron chi connectivity index (χ0n) is 15.7. The van der Waals surface area contributed by atoms with Gasteiger partial charge in [-0.25, -0.2) is 0 Å². The summed E-state index contributed by atoms with van der Waals surface area (Å²) >= 11 is 1.41. The smallest absolute Gasteiger partial charge is 0.218 e. The predicted octanol–water partition coefficient (Wildman–Crippen LogP) is 2.92. The maximum absolute atomic E-state index is 10.4. The molecule has 1 aliphatic carbocycles. The quantitative estimate of drug-likeness (QED) is 0.752. The van der Waals surface area contributed by atoms with Crippen LogP contribution in [0.4, 0.5) is 0 Å². The van der Waals surface area contributed by atoms with E-state index in [0.717, 1.165) is 4.88 Å². The van der Waals surface area contributed by atoms with Crippen LogP contribution < -0.4 is 0 Å². The number of hydrogen-bond donors (Lipinski definition) is 1. The number of hydrogen-bond acceptors (Lipinski definition) is 9. The van der Waals surface area contributed by atoms with Crippen LogP contribution in [-0.4, -0.2) is 30.7 Å². The van der Waals surface area contributed by atoms with Gasteiger partial charge >= 0.3 is 0 Å². The van der Waals surface area contributed by atoms with E-state index in [0.29, 0.717) is 30.9 Å². The zero-order valence-corrected chi connectivity index (χ0v) is 16.5. The number of thiophene rings is 1. The van der Waals surface area contributed by atoms with Gasteiger partial charge in [0.25, 0.3) is 0 Å². The second-order valence-corrected chi connectivity index (χ2v) is 9.32. The molecule has 4 aliphatic rings. The molecule has 29 heavy (non-hydrogen) atoms. The molecule has 4 heterocycles. The molecular weight excluding hydrogens is 392 g/mol. The first-order chi connectivity index (χ1) is 13.9. The van der Waals surface area contributed by atoms with Gasteiger partial charge < -0.3 is 18.9 Å². The summed E-state index contributed by atoms with van der Waals surface area (Å²) in [4.78, 5) is 1.67. The van der Waals surface area contributed by atoms with Crippen LogP contribution in [0.2, 0.25) is 0 Å². The van der Waals surface area contributed by atoms with Gasteiger partial charge in [0.15, 0.2) is 11.2 Å². The molecule has 1 spiro atoms. The summed E-state index contributed by atoms with van der Waals surface area (Å²) in [5, 5.41) is 39.4. The molecule has 1 N–H and O–H groups in total. The largest absolute Gasteiger partial charge is 0.447 e. The van der Waals surface area contributed by atoms with Crippen molar-refractivity contribution in [3.05, 3.63) is 21.9 Å². The maximum atomic E-state index is 10.4. The van der Waals surface area contributed by atoms with E-state index in [4.69, 9.17) is 24.4 Å². The molecule has 3 aliphatic heterocycles. The lowest BCUT2D eigenvalue weighted by Gasteiger charge is -2.53. The van der Waals surface area contributed by atoms with Crippen LogP contribution >= 0.6 is 11.3 Å². The summed E-state index contributed by atoms with van der Waals surface area (Å²) in [6, 6.07) is 10.0. The summed E-state index contributed by atoms with van der Waals surface area (Å²) in [5.74, 6) is -3.25. The van der Waals surface area contributed by atoms with E-state index in [9.17, 15) is 15.8 Å². The maximum Gasteiger partial charge on any atom is 0.218 e. The Labute approximate surface area is 171 Å². The van der Waals surface area contributed by atoms with Crippen LogP contribution in [0.3, 0.4) is 0 Å². The SMILES string of the molecule is Cc1ccc(C2OC34CCC5(CC3C(C#N)(C(=N)O4)C2(C#N)C#N)OCCO5)s1. The van der Waals surface area contributed by atoms with Gasteiger partial charge in [-0.1, -0.05) is 0 Å². The lowest BCUT2D eigenvalue weighted by molar-refractivity contribution is -0.330. The Morgan fingerprint density at radius 2 is 1.83 bits per heavy atom. The van der Waals surface area contributed by atoms with Gasteiger partial charge in [0, 0.05) is 29.0 Å². The molecule has 4 fully saturated rings. The van der Waals surface area contributed by atoms with E-state index in [1.54, 1.807) is 0 Å². The first-order valence-corrected chi connectivity index (χ1v) is 10.3. The summed E-state index contributed by atoms with van der Waals surface area (Å²) in [6.07, 6.45) is 0.0663. The molecule has 0 radical (unpaired) electrons. The minimum absolute atomic E-state index is 0.226. The van der Waals surface area contributed by atoms with E-state index in [2.05, 4.69) is 18.2 Å². The normalized spacial score (nSPS) is 38.5. The highest BCUT2D eigenvalue weighted by atomic mass is 32.1. The fourth-order valence-corrected chi connectivity index (χ4v) is 6.37. The Morgan fingerprint density at radius 1 is 1.10 bits per heavy atom. The van der Waals surface area contributed by atoms with Crippen molar-refractivity contribution in [1.29, 1.82) is 21.2 Å². The Kier molecular flexibility index (Phi) is 3.70. The van der Waals surface area contributed by atoms with Crippen molar-refractivity contribution in [2.75, 3.05) is 13.2 Å². The molecule has 9 heteroatoms. The first-order valence-electron chi connectivity index (χ1n) is 9.45. The molecule has 0 aromatic carbocycles. The zero-order chi connectivity index (χ0) is 20.5. The van der Waals surface area contributed by atoms with Crippen LogP contribution in [0, 0.1) is 63.1 Å². The Balaban J connectivity index is 1.72. The van der Waals surface area contributed by atoms with Crippen molar-refractivity contribution in [3.63, 3.8) is 0 Å². The highest BCUT2D eigenvalue weighted by Crippen LogP contribution is 2.71. The van der Waals surface area contributed by atoms with Gasteiger partial charge in [-0.05, 0) is 19.1 Å². The number of nitrogens with one attached hydrogen (secondary N) is 1. The van der Waals surface area contributed by atoms with Gasteiger partial charge in [0.2, 0.25) is 17.1 Å². The number of aryl methyl sites for hydroxylation is 1. The average molecular weight is 410 g/mol. The Bertz CT molecular complexity index is 1010. The lowest BCUT2D eigenvalue weighted by Crippen LogP contribution is -2.63. The van der Waals surface area contributed by atoms with Crippen LogP contribution in [0.25, 0.3) is 0 Å². The molecule has 3 saturated heterocycles. The molecule has 148 valence electrons. The molecule has 8 nitrogen and oxygen atoms in total. The fraction of sp³-hybridized carbons (Fsp3) is 0.600. The van der Waals surface area contributed by atoms with E-state index >= 15 is 0 Å². The molecule has 4 atom stereocenters. The minimum Gasteiger partial charge on any atom is -0.447 e. The molecule has 2 bridgehead atoms. The molecule has 1 aromatic rings. The number of nitrogens with zero attached hydrogens (tertiary/aromatic N) is 3. The van der Waals surface area contributed by atoms with Crippen LogP contribution in [0.1, 0.15) is 35.1 Å². The second-order valence-electron chi connectivity index (χ2n) is 8.01. The molecule has 1 saturated carbocycles. The van der Waals surface area contributed by atoms with Gasteiger partial charge in [0.1, 0.15) is 6.10 Å². The third-order valence-corrected chi connectivity index (χ3v) is 7.79. The Morgan fingerprint density at radius 3 is 2.41 bits per heavy atom. The van der Waals surface area contributed by atoms with E-state index in [1.165, 1.54) is 11.3 Å². The van der Waals surface area contributed by atoms with Crippen molar-refractivity contribution >= 4 is 17.2 Å². The van der Waals surface area contributed by atoms with Crippen molar-refractivity contribution in [2.24, 2.45) is 16.7 Å². The number of rotatable bonds is 1. The van der Waals surface area contributed by atoms with Crippen LogP contribution in [-0.2, 0) is 18.9 Å². The standard InChI is InChI=1S/C20H18N4O4S/c1-12-2-3-13(29-12)15-17(9-21,10-22)19(11-23)14-8-18(25-6-7-26-18)4-5-20(14,27-15)28-16(19)24/h2-3,14-15,24H,4-8H2,1H3. The van der Waals surface area contributed by atoms with Crippen LogP contribution in [0.5, 0.6) is 0 Å². The topological polar surface area (TPSA) is 132 Å². The van der Waals surface area contributed by atoms with Crippen molar-refractivity contribution < 1.29 is 18.9 Å². The van der Waals surface area contributed by atoms with Crippen molar-refractivity contribution in [2.45, 2.75) is 43.9 Å². The predicted molar refractivity (Wildman–Crippen MR) is 98.1 cm³/mol. The third kappa shape index (κ3) is 2.02. The van der Waals surface area contributed by atoms with Gasteiger partial charge in [-0.3, -0.25) is 5.41 Å². The monoisotopic (exact) mass is 410 g/mol. The summed E-state index contributed by atoms with van der Waals surface area (Å²) < 4.78 is 24.0. The van der Waals surface area contributed by atoms with E-state index in [1.807, 2.05) is 19.1 Å². The molecular formula is C20H18N4O4S. The third-order valence-electron chi connectivity index (χ3n) is 6.75. The minimum atomic E-state index is -1.93.